The molecule has 1 amide bonds. The van der Waals surface area contributed by atoms with Gasteiger partial charge in [0.05, 0.1) is 10.2 Å². The van der Waals surface area contributed by atoms with Crippen LogP contribution in [0.1, 0.15) is 33.1 Å². The van der Waals surface area contributed by atoms with E-state index < -0.39 is 17.8 Å². The van der Waals surface area contributed by atoms with Gasteiger partial charge in [-0.3, -0.25) is 14.4 Å². The van der Waals surface area contributed by atoms with Crippen LogP contribution in [0.2, 0.25) is 0 Å². The van der Waals surface area contributed by atoms with Gasteiger partial charge in [-0.05, 0) is 35.8 Å². The number of hydrogen-bond donors (Lipinski definition) is 0. The van der Waals surface area contributed by atoms with Crippen LogP contribution in [0.15, 0.2) is 16.7 Å². The van der Waals surface area contributed by atoms with E-state index in [0.29, 0.717) is 30.7 Å². The molecule has 0 N–H and O–H groups in total. The molecule has 0 saturated carbocycles. The standard InChI is InChI=1S/C19H21BrF3N7O/c1-11-8-14(19(21,22)23)30-17(24-11)15(20)16(26-30)18(31)29-6-4-28(5-7-29)10-13-9-27(3)25-12(13)2/h8-9H,4-7,10H2,1-3H3. The first-order chi connectivity index (χ1) is 14.5. The van der Waals surface area contributed by atoms with Gasteiger partial charge in [0.1, 0.15) is 5.69 Å². The Morgan fingerprint density at radius 3 is 2.42 bits per heavy atom. The number of halogens is 4. The normalized spacial score (nSPS) is 15.8. The zero-order chi connectivity index (χ0) is 22.5. The molecule has 0 bridgehead atoms. The van der Waals surface area contributed by atoms with Gasteiger partial charge in [-0.1, -0.05) is 0 Å². The number of fused-ring (bicyclic) bond motifs is 1. The minimum absolute atomic E-state index is 0.0265. The largest absolute Gasteiger partial charge is 0.433 e. The van der Waals surface area contributed by atoms with Gasteiger partial charge >= 0.3 is 6.18 Å². The van der Waals surface area contributed by atoms with Gasteiger partial charge in [-0.2, -0.15) is 23.4 Å². The fourth-order valence-corrected chi connectivity index (χ4v) is 4.26. The third kappa shape index (κ3) is 4.18. The van der Waals surface area contributed by atoms with Crippen molar-refractivity contribution < 1.29 is 18.0 Å². The van der Waals surface area contributed by atoms with Gasteiger partial charge in [0, 0.05) is 57.2 Å². The molecule has 0 aliphatic carbocycles. The van der Waals surface area contributed by atoms with Crippen LogP contribution in [0.3, 0.4) is 0 Å². The monoisotopic (exact) mass is 499 g/mol. The van der Waals surface area contributed by atoms with Crippen molar-refractivity contribution in [1.29, 1.82) is 0 Å². The lowest BCUT2D eigenvalue weighted by molar-refractivity contribution is -0.142. The van der Waals surface area contributed by atoms with Crippen molar-refractivity contribution in [3.05, 3.63) is 45.1 Å². The third-order valence-corrected chi connectivity index (χ3v) is 6.05. The number of nitrogens with zero attached hydrogens (tertiary/aromatic N) is 7. The van der Waals surface area contributed by atoms with Crippen LogP contribution in [-0.2, 0) is 19.8 Å². The fourth-order valence-electron chi connectivity index (χ4n) is 3.76. The molecule has 166 valence electrons. The number of rotatable bonds is 3. The van der Waals surface area contributed by atoms with Gasteiger partial charge in [-0.25, -0.2) is 9.50 Å². The zero-order valence-electron chi connectivity index (χ0n) is 17.2. The van der Waals surface area contributed by atoms with E-state index in [9.17, 15) is 18.0 Å². The molecule has 1 aliphatic rings. The summed E-state index contributed by atoms with van der Waals surface area (Å²) in [5.74, 6) is -0.416. The molecule has 0 atom stereocenters. The highest BCUT2D eigenvalue weighted by atomic mass is 79.9. The Morgan fingerprint density at radius 2 is 1.84 bits per heavy atom. The number of aromatic nitrogens is 5. The minimum atomic E-state index is -4.62. The van der Waals surface area contributed by atoms with Crippen LogP contribution < -0.4 is 0 Å². The van der Waals surface area contributed by atoms with Crippen molar-refractivity contribution in [2.75, 3.05) is 26.2 Å². The van der Waals surface area contributed by atoms with Crippen molar-refractivity contribution in [2.45, 2.75) is 26.6 Å². The highest BCUT2D eigenvalue weighted by Gasteiger charge is 2.36. The fraction of sp³-hybridized carbons (Fsp3) is 0.474. The molecule has 31 heavy (non-hydrogen) atoms. The number of carbonyl (C=O) groups is 1. The number of alkyl halides is 3. The Labute approximate surface area is 184 Å². The number of carbonyl (C=O) groups excluding carboxylic acids is 1. The van der Waals surface area contributed by atoms with Crippen LogP contribution in [0, 0.1) is 13.8 Å². The molecular weight excluding hydrogens is 479 g/mol. The minimum Gasteiger partial charge on any atom is -0.335 e. The van der Waals surface area contributed by atoms with E-state index in [1.807, 2.05) is 20.2 Å². The first-order valence-corrected chi connectivity index (χ1v) is 10.5. The van der Waals surface area contributed by atoms with E-state index in [0.717, 1.165) is 23.9 Å². The lowest BCUT2D eigenvalue weighted by Crippen LogP contribution is -2.48. The molecule has 0 spiro atoms. The average Bonchev–Trinajstić information content (AvgIpc) is 3.19. The maximum atomic E-state index is 13.4. The molecule has 3 aromatic rings. The van der Waals surface area contributed by atoms with Crippen LogP contribution >= 0.6 is 15.9 Å². The Kier molecular flexibility index (Phi) is 5.54. The lowest BCUT2D eigenvalue weighted by Gasteiger charge is -2.34. The molecule has 0 unspecified atom stereocenters. The lowest BCUT2D eigenvalue weighted by atomic mass is 10.2. The van der Waals surface area contributed by atoms with Crippen LogP contribution in [0.5, 0.6) is 0 Å². The molecule has 1 aliphatic heterocycles. The molecular formula is C19H21BrF3N7O. The van der Waals surface area contributed by atoms with Gasteiger partial charge in [0.15, 0.2) is 11.3 Å². The van der Waals surface area contributed by atoms with Crippen LogP contribution in [0.25, 0.3) is 5.65 Å². The Balaban J connectivity index is 1.53. The summed E-state index contributed by atoms with van der Waals surface area (Å²) in [4.78, 5) is 21.0. The smallest absolute Gasteiger partial charge is 0.335 e. The Morgan fingerprint density at radius 1 is 1.16 bits per heavy atom. The summed E-state index contributed by atoms with van der Waals surface area (Å²) in [6.45, 7) is 6.37. The summed E-state index contributed by atoms with van der Waals surface area (Å²) < 4.78 is 42.9. The van der Waals surface area contributed by atoms with Crippen molar-refractivity contribution >= 4 is 27.5 Å². The number of piperazine rings is 1. The summed E-state index contributed by atoms with van der Waals surface area (Å²) in [6, 6.07) is 0.917. The highest BCUT2D eigenvalue weighted by molar-refractivity contribution is 9.10. The first-order valence-electron chi connectivity index (χ1n) is 9.68. The molecule has 1 fully saturated rings. The van der Waals surface area contributed by atoms with Gasteiger partial charge in [0.25, 0.3) is 5.91 Å². The zero-order valence-corrected chi connectivity index (χ0v) is 18.8. The molecule has 8 nitrogen and oxygen atoms in total. The van der Waals surface area contributed by atoms with Gasteiger partial charge in [0.2, 0.25) is 0 Å². The average molecular weight is 500 g/mol. The SMILES string of the molecule is Cc1cc(C(F)(F)F)n2nc(C(=O)N3CCN(Cc4cn(C)nc4C)CC3)c(Br)c2n1. The Bertz CT molecular complexity index is 1150. The van der Waals surface area contributed by atoms with Crippen molar-refractivity contribution in [1.82, 2.24) is 34.2 Å². The first kappa shape index (κ1) is 21.8. The van der Waals surface area contributed by atoms with Crippen molar-refractivity contribution in [2.24, 2.45) is 7.05 Å². The maximum absolute atomic E-state index is 13.4. The summed E-state index contributed by atoms with van der Waals surface area (Å²) in [5, 5.41) is 8.31. The van der Waals surface area contributed by atoms with E-state index >= 15 is 0 Å². The van der Waals surface area contributed by atoms with E-state index in [1.165, 1.54) is 6.92 Å². The highest BCUT2D eigenvalue weighted by Crippen LogP contribution is 2.32. The molecule has 4 heterocycles. The number of amides is 1. The topological polar surface area (TPSA) is 71.6 Å². The molecule has 0 radical (unpaired) electrons. The van der Waals surface area contributed by atoms with Gasteiger partial charge < -0.3 is 4.90 Å². The molecule has 3 aromatic heterocycles. The van der Waals surface area contributed by atoms with Crippen LogP contribution in [0.4, 0.5) is 13.2 Å². The second kappa shape index (κ2) is 7.90. The van der Waals surface area contributed by atoms with E-state index in [1.54, 1.807) is 9.58 Å². The molecule has 4 rings (SSSR count). The second-order valence-corrected chi connectivity index (χ2v) is 8.45. The maximum Gasteiger partial charge on any atom is 0.433 e. The van der Waals surface area contributed by atoms with E-state index in [-0.39, 0.29) is 21.5 Å². The quantitative estimate of drug-likeness (QED) is 0.554. The van der Waals surface area contributed by atoms with E-state index in [4.69, 9.17) is 0 Å². The molecule has 0 aromatic carbocycles. The number of aryl methyl sites for hydroxylation is 3. The third-order valence-electron chi connectivity index (χ3n) is 5.32. The summed E-state index contributed by atoms with van der Waals surface area (Å²) >= 11 is 3.24. The Hall–Kier alpha value is -2.47. The van der Waals surface area contributed by atoms with Crippen molar-refractivity contribution in [3.63, 3.8) is 0 Å². The molecule has 1 saturated heterocycles. The predicted octanol–water partition coefficient (Wildman–Crippen LogP) is 2.82. The predicted molar refractivity (Wildman–Crippen MR) is 110 cm³/mol. The summed E-state index contributed by atoms with van der Waals surface area (Å²) in [7, 11) is 1.88. The van der Waals surface area contributed by atoms with Crippen molar-refractivity contribution in [3.8, 4) is 0 Å². The second-order valence-electron chi connectivity index (χ2n) is 7.66. The summed E-state index contributed by atoms with van der Waals surface area (Å²) in [5.41, 5.74) is 1.23. The van der Waals surface area contributed by atoms with E-state index in [2.05, 4.69) is 36.0 Å². The molecule has 12 heteroatoms. The number of hydrogen-bond acceptors (Lipinski definition) is 5. The summed E-state index contributed by atoms with van der Waals surface area (Å²) in [6.07, 6.45) is -2.64. The van der Waals surface area contributed by atoms with Gasteiger partial charge in [-0.15, -0.1) is 0 Å². The van der Waals surface area contributed by atoms with Crippen LogP contribution in [-0.4, -0.2) is 66.3 Å².